The van der Waals surface area contributed by atoms with Crippen LogP contribution in [-0.4, -0.2) is 61.5 Å². The number of para-hydroxylation sites is 1. The summed E-state index contributed by atoms with van der Waals surface area (Å²) in [5, 5.41) is 10.6. The second-order valence-corrected chi connectivity index (χ2v) is 7.68. The first-order chi connectivity index (χ1) is 15.5. The van der Waals surface area contributed by atoms with Crippen LogP contribution in [0.25, 0.3) is 17.2 Å². The SMILES string of the molecule is Cn1c(=O)c(-c2noc(C(=O)NCCCN3CCCCC3)n2)nn(-c2ccccc2)c1=O. The molecule has 1 saturated heterocycles. The van der Waals surface area contributed by atoms with Gasteiger partial charge in [-0.25, -0.2) is 4.79 Å². The van der Waals surface area contributed by atoms with Gasteiger partial charge < -0.3 is 14.7 Å². The van der Waals surface area contributed by atoms with Crippen molar-refractivity contribution in [2.45, 2.75) is 25.7 Å². The zero-order valence-electron chi connectivity index (χ0n) is 17.9. The van der Waals surface area contributed by atoms with Gasteiger partial charge in [-0.1, -0.05) is 29.8 Å². The monoisotopic (exact) mass is 439 g/mol. The third-order valence-electron chi connectivity index (χ3n) is 5.39. The molecule has 1 N–H and O–H groups in total. The van der Waals surface area contributed by atoms with Crippen LogP contribution in [-0.2, 0) is 7.05 Å². The summed E-state index contributed by atoms with van der Waals surface area (Å²) < 4.78 is 7.03. The fraction of sp³-hybridized carbons (Fsp3) is 0.429. The highest BCUT2D eigenvalue weighted by atomic mass is 16.5. The van der Waals surface area contributed by atoms with Crippen molar-refractivity contribution in [3.05, 3.63) is 57.1 Å². The minimum Gasteiger partial charge on any atom is -0.348 e. The largest absolute Gasteiger partial charge is 0.351 e. The van der Waals surface area contributed by atoms with Gasteiger partial charge in [0.05, 0.1) is 5.69 Å². The molecule has 1 aliphatic rings. The molecule has 0 saturated carbocycles. The molecule has 168 valence electrons. The molecular formula is C21H25N7O4. The van der Waals surface area contributed by atoms with Crippen LogP contribution in [0, 0.1) is 0 Å². The van der Waals surface area contributed by atoms with Gasteiger partial charge in [-0.15, -0.1) is 0 Å². The van der Waals surface area contributed by atoms with Crippen LogP contribution in [0.3, 0.4) is 0 Å². The summed E-state index contributed by atoms with van der Waals surface area (Å²) in [5.41, 5.74) is -1.01. The molecule has 1 aliphatic heterocycles. The lowest BCUT2D eigenvalue weighted by Gasteiger charge is -2.26. The average molecular weight is 439 g/mol. The van der Waals surface area contributed by atoms with Crippen LogP contribution < -0.4 is 16.6 Å². The van der Waals surface area contributed by atoms with Gasteiger partial charge in [-0.3, -0.25) is 14.2 Å². The standard InChI is InChI=1S/C21H25N7O4/c1-26-20(30)16(24-28(21(26)31)15-9-4-2-5-10-15)17-23-19(32-25-17)18(29)22-11-8-14-27-12-6-3-7-13-27/h2,4-5,9-10H,3,6-8,11-14H2,1H3,(H,22,29). The molecule has 0 aliphatic carbocycles. The highest BCUT2D eigenvalue weighted by molar-refractivity contribution is 5.89. The number of hydrogen-bond donors (Lipinski definition) is 1. The topological polar surface area (TPSA) is 128 Å². The summed E-state index contributed by atoms with van der Waals surface area (Å²) in [4.78, 5) is 43.8. The summed E-state index contributed by atoms with van der Waals surface area (Å²) in [7, 11) is 1.34. The van der Waals surface area contributed by atoms with Crippen molar-refractivity contribution in [3.63, 3.8) is 0 Å². The molecule has 0 spiro atoms. The smallest absolute Gasteiger partial charge is 0.348 e. The second-order valence-electron chi connectivity index (χ2n) is 7.68. The van der Waals surface area contributed by atoms with E-state index in [2.05, 4.69) is 25.5 Å². The number of piperidine rings is 1. The van der Waals surface area contributed by atoms with Crippen molar-refractivity contribution in [2.24, 2.45) is 7.05 Å². The van der Waals surface area contributed by atoms with Gasteiger partial charge in [0.25, 0.3) is 5.56 Å². The van der Waals surface area contributed by atoms with Crippen molar-refractivity contribution in [1.82, 2.24) is 34.7 Å². The van der Waals surface area contributed by atoms with E-state index in [1.54, 1.807) is 30.3 Å². The van der Waals surface area contributed by atoms with E-state index < -0.39 is 17.2 Å². The van der Waals surface area contributed by atoms with Crippen LogP contribution in [0.4, 0.5) is 0 Å². The zero-order valence-corrected chi connectivity index (χ0v) is 17.9. The predicted octanol–water partition coefficient (Wildman–Crippen LogP) is 0.587. The lowest BCUT2D eigenvalue weighted by atomic mass is 10.1. The van der Waals surface area contributed by atoms with Crippen molar-refractivity contribution < 1.29 is 9.32 Å². The molecule has 1 fully saturated rings. The van der Waals surface area contributed by atoms with Crippen LogP contribution in [0.15, 0.2) is 44.4 Å². The van der Waals surface area contributed by atoms with E-state index in [-0.39, 0.29) is 17.4 Å². The van der Waals surface area contributed by atoms with E-state index >= 15 is 0 Å². The molecule has 1 amide bonds. The van der Waals surface area contributed by atoms with Gasteiger partial charge in [0, 0.05) is 13.6 Å². The van der Waals surface area contributed by atoms with E-state index in [0.717, 1.165) is 35.3 Å². The molecule has 2 aromatic heterocycles. The van der Waals surface area contributed by atoms with Crippen molar-refractivity contribution in [1.29, 1.82) is 0 Å². The third kappa shape index (κ3) is 4.67. The van der Waals surface area contributed by atoms with E-state index in [4.69, 9.17) is 4.52 Å². The Balaban J connectivity index is 1.47. The highest BCUT2D eigenvalue weighted by Crippen LogP contribution is 2.10. The quantitative estimate of drug-likeness (QED) is 0.530. The van der Waals surface area contributed by atoms with E-state index in [1.165, 1.54) is 26.3 Å². The van der Waals surface area contributed by atoms with Crippen LogP contribution in [0.1, 0.15) is 36.4 Å². The number of aromatic nitrogens is 5. The second kappa shape index (κ2) is 9.69. The Morgan fingerprint density at radius 3 is 2.62 bits per heavy atom. The molecule has 3 heterocycles. The molecule has 32 heavy (non-hydrogen) atoms. The molecule has 0 atom stereocenters. The van der Waals surface area contributed by atoms with E-state index in [0.29, 0.717) is 12.2 Å². The molecule has 1 aromatic carbocycles. The van der Waals surface area contributed by atoms with Gasteiger partial charge >= 0.3 is 17.5 Å². The number of carbonyl (C=O) groups excluding carboxylic acids is 1. The lowest BCUT2D eigenvalue weighted by Crippen LogP contribution is -2.40. The van der Waals surface area contributed by atoms with Crippen molar-refractivity contribution in [2.75, 3.05) is 26.2 Å². The summed E-state index contributed by atoms with van der Waals surface area (Å²) in [6.45, 7) is 3.62. The van der Waals surface area contributed by atoms with Crippen molar-refractivity contribution >= 4 is 5.91 Å². The lowest BCUT2D eigenvalue weighted by molar-refractivity contribution is 0.0907. The number of nitrogens with zero attached hydrogens (tertiary/aromatic N) is 6. The van der Waals surface area contributed by atoms with Gasteiger partial charge in [0.1, 0.15) is 0 Å². The number of hydrogen-bond acceptors (Lipinski definition) is 8. The summed E-state index contributed by atoms with van der Waals surface area (Å²) in [6.07, 6.45) is 4.55. The Kier molecular flexibility index (Phi) is 6.55. The number of likely N-dealkylation sites (tertiary alicyclic amines) is 1. The Labute approximate surface area is 183 Å². The number of nitrogens with one attached hydrogen (secondary N) is 1. The Morgan fingerprint density at radius 1 is 1.12 bits per heavy atom. The molecule has 11 nitrogen and oxygen atoms in total. The molecule has 0 radical (unpaired) electrons. The number of carbonyl (C=O) groups is 1. The summed E-state index contributed by atoms with van der Waals surface area (Å²) >= 11 is 0. The van der Waals surface area contributed by atoms with Crippen LogP contribution in [0.2, 0.25) is 0 Å². The minimum absolute atomic E-state index is 0.159. The van der Waals surface area contributed by atoms with E-state index in [9.17, 15) is 14.4 Å². The molecular weight excluding hydrogens is 414 g/mol. The maximum absolute atomic E-state index is 12.6. The van der Waals surface area contributed by atoms with Crippen LogP contribution in [0.5, 0.6) is 0 Å². The Hall–Kier alpha value is -3.60. The maximum atomic E-state index is 12.6. The molecule has 0 bridgehead atoms. The van der Waals surface area contributed by atoms with Crippen molar-refractivity contribution in [3.8, 4) is 17.2 Å². The highest BCUT2D eigenvalue weighted by Gasteiger charge is 2.21. The first-order valence-electron chi connectivity index (χ1n) is 10.6. The fourth-order valence-electron chi connectivity index (χ4n) is 3.63. The normalized spacial score (nSPS) is 14.4. The number of benzene rings is 1. The summed E-state index contributed by atoms with van der Waals surface area (Å²) in [6, 6.07) is 8.66. The number of rotatable bonds is 7. The zero-order chi connectivity index (χ0) is 22.5. The molecule has 0 unspecified atom stereocenters. The maximum Gasteiger partial charge on any atom is 0.351 e. The first-order valence-corrected chi connectivity index (χ1v) is 10.6. The minimum atomic E-state index is -0.684. The molecule has 3 aromatic rings. The third-order valence-corrected chi connectivity index (χ3v) is 5.39. The Bertz CT molecular complexity index is 1190. The van der Waals surface area contributed by atoms with Crippen LogP contribution >= 0.6 is 0 Å². The van der Waals surface area contributed by atoms with Gasteiger partial charge in [-0.2, -0.15) is 14.8 Å². The first kappa shape index (κ1) is 21.6. The Morgan fingerprint density at radius 2 is 1.88 bits per heavy atom. The number of amides is 1. The van der Waals surface area contributed by atoms with E-state index in [1.807, 2.05) is 0 Å². The average Bonchev–Trinajstić information content (AvgIpc) is 3.32. The summed E-state index contributed by atoms with van der Waals surface area (Å²) in [5.74, 6) is -0.941. The van der Waals surface area contributed by atoms with Gasteiger partial charge in [-0.05, 0) is 51.0 Å². The molecule has 4 rings (SSSR count). The fourth-order valence-corrected chi connectivity index (χ4v) is 3.63. The van der Waals surface area contributed by atoms with Gasteiger partial charge in [0.2, 0.25) is 5.82 Å². The molecule has 11 heteroatoms. The van der Waals surface area contributed by atoms with Gasteiger partial charge in [0.15, 0.2) is 5.69 Å². The predicted molar refractivity (Wildman–Crippen MR) is 116 cm³/mol.